The van der Waals surface area contributed by atoms with Crippen LogP contribution in [0, 0.1) is 5.82 Å². The van der Waals surface area contributed by atoms with E-state index in [1.807, 2.05) is 0 Å². The number of rotatable bonds is 3. The Bertz CT molecular complexity index is 316. The maximum atomic E-state index is 12.5. The monoisotopic (exact) mass is 185 g/mol. The number of hydrogen-bond acceptors (Lipinski definition) is 3. The second-order valence-electron chi connectivity index (χ2n) is 2.52. The van der Waals surface area contributed by atoms with Crippen molar-refractivity contribution >= 4 is 5.97 Å². The molecule has 0 amide bonds. The molecule has 0 aliphatic heterocycles. The van der Waals surface area contributed by atoms with Gasteiger partial charge in [0.25, 0.3) is 0 Å². The van der Waals surface area contributed by atoms with Gasteiger partial charge >= 0.3 is 5.97 Å². The van der Waals surface area contributed by atoms with E-state index in [4.69, 9.17) is 10.2 Å². The van der Waals surface area contributed by atoms with Crippen molar-refractivity contribution in [1.29, 1.82) is 0 Å². The van der Waals surface area contributed by atoms with Crippen molar-refractivity contribution < 1.29 is 19.4 Å². The number of aliphatic hydroxyl groups is 1. The summed E-state index contributed by atoms with van der Waals surface area (Å²) in [5, 5.41) is 17.2. The molecule has 5 heteroatoms. The lowest BCUT2D eigenvalue weighted by atomic mass is 10.2. The molecule has 0 bridgehead atoms. The van der Waals surface area contributed by atoms with Crippen LogP contribution in [0.4, 0.5) is 4.39 Å². The molecule has 13 heavy (non-hydrogen) atoms. The normalized spacial score (nSPS) is 12.5. The minimum absolute atomic E-state index is 0.187. The van der Waals surface area contributed by atoms with Gasteiger partial charge in [-0.15, -0.1) is 0 Å². The molecule has 1 rings (SSSR count). The molecule has 0 aliphatic rings. The van der Waals surface area contributed by atoms with Crippen molar-refractivity contribution in [2.45, 2.75) is 12.5 Å². The minimum Gasteiger partial charge on any atom is -0.479 e. The number of aliphatic carboxylic acids is 1. The van der Waals surface area contributed by atoms with E-state index in [-0.39, 0.29) is 12.1 Å². The van der Waals surface area contributed by atoms with Gasteiger partial charge in [0.2, 0.25) is 0 Å². The third-order valence-electron chi connectivity index (χ3n) is 1.47. The Balaban J connectivity index is 2.69. The molecule has 1 atom stereocenters. The summed E-state index contributed by atoms with van der Waals surface area (Å²) in [6, 6.07) is 2.24. The van der Waals surface area contributed by atoms with Crippen molar-refractivity contribution in [2.75, 3.05) is 0 Å². The number of carbonyl (C=O) groups is 1. The number of carboxylic acids is 1. The van der Waals surface area contributed by atoms with E-state index in [0.29, 0.717) is 0 Å². The molecule has 1 aromatic rings. The van der Waals surface area contributed by atoms with Crippen LogP contribution in [0.3, 0.4) is 0 Å². The van der Waals surface area contributed by atoms with Crippen LogP contribution in [0.25, 0.3) is 0 Å². The standard InChI is InChI=1S/C8H8FNO3/c9-5-1-2-10-6(3-5)4-7(11)8(12)13/h1-3,7,11H,4H2,(H,12,13). The van der Waals surface area contributed by atoms with Crippen LogP contribution in [0.1, 0.15) is 5.69 Å². The first-order valence-electron chi connectivity index (χ1n) is 3.61. The van der Waals surface area contributed by atoms with E-state index in [2.05, 4.69) is 4.98 Å². The van der Waals surface area contributed by atoms with Crippen molar-refractivity contribution in [3.05, 3.63) is 29.8 Å². The minimum atomic E-state index is -1.53. The first kappa shape index (κ1) is 9.60. The van der Waals surface area contributed by atoms with Crippen LogP contribution in [0.15, 0.2) is 18.3 Å². The quantitative estimate of drug-likeness (QED) is 0.706. The molecule has 0 aliphatic carbocycles. The van der Waals surface area contributed by atoms with E-state index in [1.54, 1.807) is 0 Å². The molecule has 1 aromatic heterocycles. The summed E-state index contributed by atoms with van der Waals surface area (Å²) >= 11 is 0. The third-order valence-corrected chi connectivity index (χ3v) is 1.47. The highest BCUT2D eigenvalue weighted by molar-refractivity contribution is 5.72. The smallest absolute Gasteiger partial charge is 0.332 e. The Labute approximate surface area is 73.7 Å². The van der Waals surface area contributed by atoms with Gasteiger partial charge in [0.15, 0.2) is 6.10 Å². The maximum Gasteiger partial charge on any atom is 0.332 e. The van der Waals surface area contributed by atoms with Crippen LogP contribution in [0.2, 0.25) is 0 Å². The Morgan fingerprint density at radius 2 is 2.38 bits per heavy atom. The molecule has 1 unspecified atom stereocenters. The van der Waals surface area contributed by atoms with Gasteiger partial charge in [0.1, 0.15) is 5.82 Å². The fourth-order valence-corrected chi connectivity index (χ4v) is 0.846. The summed E-state index contributed by atoms with van der Waals surface area (Å²) < 4.78 is 12.5. The molecule has 0 saturated heterocycles. The topological polar surface area (TPSA) is 70.4 Å². The first-order valence-corrected chi connectivity index (χ1v) is 3.61. The molecule has 0 fully saturated rings. The summed E-state index contributed by atoms with van der Waals surface area (Å²) in [7, 11) is 0. The highest BCUT2D eigenvalue weighted by atomic mass is 19.1. The third kappa shape index (κ3) is 2.79. The Kier molecular flexibility index (Phi) is 2.92. The van der Waals surface area contributed by atoms with Gasteiger partial charge < -0.3 is 10.2 Å². The van der Waals surface area contributed by atoms with Crippen LogP contribution < -0.4 is 0 Å². The SMILES string of the molecule is O=C(O)C(O)Cc1cc(F)ccn1. The second kappa shape index (κ2) is 3.95. The number of nitrogens with zero attached hydrogens (tertiary/aromatic N) is 1. The molecule has 0 saturated carbocycles. The van der Waals surface area contributed by atoms with Crippen molar-refractivity contribution in [2.24, 2.45) is 0 Å². The summed E-state index contributed by atoms with van der Waals surface area (Å²) in [6.45, 7) is 0. The highest BCUT2D eigenvalue weighted by Crippen LogP contribution is 2.02. The largest absolute Gasteiger partial charge is 0.479 e. The van der Waals surface area contributed by atoms with E-state index in [9.17, 15) is 9.18 Å². The molecule has 1 heterocycles. The van der Waals surface area contributed by atoms with Gasteiger partial charge in [0.05, 0.1) is 0 Å². The van der Waals surface area contributed by atoms with Crippen LogP contribution in [0.5, 0.6) is 0 Å². The lowest BCUT2D eigenvalue weighted by Gasteiger charge is -2.03. The van der Waals surface area contributed by atoms with Crippen LogP contribution >= 0.6 is 0 Å². The number of hydrogen-bond donors (Lipinski definition) is 2. The van der Waals surface area contributed by atoms with Crippen molar-refractivity contribution in [3.63, 3.8) is 0 Å². The summed E-state index contributed by atoms with van der Waals surface area (Å²) in [4.78, 5) is 13.9. The van der Waals surface area contributed by atoms with E-state index in [0.717, 1.165) is 12.1 Å². The summed E-state index contributed by atoms with van der Waals surface area (Å²) in [6.07, 6.45) is -0.499. The van der Waals surface area contributed by atoms with Crippen LogP contribution in [-0.4, -0.2) is 27.3 Å². The zero-order chi connectivity index (χ0) is 9.84. The fourth-order valence-electron chi connectivity index (χ4n) is 0.846. The number of carboxylic acid groups (broad SMARTS) is 1. The van der Waals surface area contributed by atoms with Gasteiger partial charge in [-0.05, 0) is 12.1 Å². The average Bonchev–Trinajstić information content (AvgIpc) is 2.04. The summed E-state index contributed by atoms with van der Waals surface area (Å²) in [5.74, 6) is -1.84. The molecule has 0 spiro atoms. The van der Waals surface area contributed by atoms with E-state index < -0.39 is 17.9 Å². The molecule has 0 aromatic carbocycles. The highest BCUT2D eigenvalue weighted by Gasteiger charge is 2.14. The molecular formula is C8H8FNO3. The van der Waals surface area contributed by atoms with Gasteiger partial charge in [0, 0.05) is 18.3 Å². The zero-order valence-electron chi connectivity index (χ0n) is 6.64. The Morgan fingerprint density at radius 1 is 1.69 bits per heavy atom. The van der Waals surface area contributed by atoms with Gasteiger partial charge in [-0.1, -0.05) is 0 Å². The Morgan fingerprint density at radius 3 is 2.92 bits per heavy atom. The first-order chi connectivity index (χ1) is 6.09. The second-order valence-corrected chi connectivity index (χ2v) is 2.52. The summed E-state index contributed by atoms with van der Waals surface area (Å²) in [5.41, 5.74) is 0.218. The molecular weight excluding hydrogens is 177 g/mol. The molecule has 4 nitrogen and oxygen atoms in total. The number of halogens is 1. The van der Waals surface area contributed by atoms with Crippen molar-refractivity contribution in [1.82, 2.24) is 4.98 Å². The predicted molar refractivity (Wildman–Crippen MR) is 41.5 cm³/mol. The fraction of sp³-hybridized carbons (Fsp3) is 0.250. The molecule has 2 N–H and O–H groups in total. The van der Waals surface area contributed by atoms with Gasteiger partial charge in [-0.3, -0.25) is 4.98 Å². The van der Waals surface area contributed by atoms with E-state index >= 15 is 0 Å². The predicted octanol–water partition coefficient (Wildman–Crippen LogP) is 0.209. The lowest BCUT2D eigenvalue weighted by Crippen LogP contribution is -2.22. The zero-order valence-corrected chi connectivity index (χ0v) is 6.64. The lowest BCUT2D eigenvalue weighted by molar-refractivity contribution is -0.146. The van der Waals surface area contributed by atoms with E-state index in [1.165, 1.54) is 6.20 Å². The maximum absolute atomic E-state index is 12.5. The Hall–Kier alpha value is -1.49. The molecule has 0 radical (unpaired) electrons. The van der Waals surface area contributed by atoms with Gasteiger partial charge in [-0.25, -0.2) is 9.18 Å². The van der Waals surface area contributed by atoms with Crippen molar-refractivity contribution in [3.8, 4) is 0 Å². The molecule has 70 valence electrons. The average molecular weight is 185 g/mol. The number of aromatic nitrogens is 1. The van der Waals surface area contributed by atoms with Crippen LogP contribution in [-0.2, 0) is 11.2 Å². The van der Waals surface area contributed by atoms with Gasteiger partial charge in [-0.2, -0.15) is 0 Å². The number of pyridine rings is 1. The number of aliphatic hydroxyl groups excluding tert-OH is 1.